The third-order valence-electron chi connectivity index (χ3n) is 4.87. The van der Waals surface area contributed by atoms with E-state index in [1.807, 2.05) is 0 Å². The molecule has 0 radical (unpaired) electrons. The van der Waals surface area contributed by atoms with Crippen molar-refractivity contribution in [2.45, 2.75) is 18.1 Å². The Morgan fingerprint density at radius 3 is 2.54 bits per heavy atom. The normalized spacial score (nSPS) is 14.4. The van der Waals surface area contributed by atoms with Gasteiger partial charge in [-0.3, -0.25) is 4.72 Å². The van der Waals surface area contributed by atoms with E-state index in [1.165, 1.54) is 44.8 Å². The number of hydrogen-bond donors (Lipinski definition) is 1. The molecule has 3 heterocycles. The number of hydrogen-bond acceptors (Lipinski definition) is 9. The first-order valence-corrected chi connectivity index (χ1v) is 12.0. The van der Waals surface area contributed by atoms with Crippen LogP contribution in [0.15, 0.2) is 46.0 Å². The number of carbonyl (C=O) groups excluding carboxylic acids is 1. The van der Waals surface area contributed by atoms with Crippen molar-refractivity contribution in [3.8, 4) is 28.6 Å². The van der Waals surface area contributed by atoms with Gasteiger partial charge in [-0.15, -0.1) is 0 Å². The number of methoxy groups -OCH3 is 2. The van der Waals surface area contributed by atoms with Crippen LogP contribution in [0, 0.1) is 0 Å². The monoisotopic (exact) mass is 571 g/mol. The number of aromatic nitrogens is 2. The van der Waals surface area contributed by atoms with Gasteiger partial charge in [-0.05, 0) is 34.1 Å². The molecule has 3 aromatic rings. The minimum atomic E-state index is -4.33. The van der Waals surface area contributed by atoms with Gasteiger partial charge < -0.3 is 18.9 Å². The van der Waals surface area contributed by atoms with Crippen molar-refractivity contribution in [2.75, 3.05) is 18.9 Å². The van der Waals surface area contributed by atoms with Gasteiger partial charge in [0, 0.05) is 35.2 Å². The molecular weight excluding hydrogens is 556 g/mol. The Bertz CT molecular complexity index is 1420. The average Bonchev–Trinajstić information content (AvgIpc) is 2.81. The van der Waals surface area contributed by atoms with E-state index in [1.54, 1.807) is 0 Å². The molecule has 35 heavy (non-hydrogen) atoms. The van der Waals surface area contributed by atoms with Crippen molar-refractivity contribution in [2.24, 2.45) is 0 Å². The smallest absolute Gasteiger partial charge is 0.388 e. The molecule has 0 amide bonds. The lowest BCUT2D eigenvalue weighted by Crippen LogP contribution is -2.16. The number of nitrogens with zero attached hydrogens (tertiary/aromatic N) is 2. The van der Waals surface area contributed by atoms with E-state index < -0.39 is 28.5 Å². The van der Waals surface area contributed by atoms with Gasteiger partial charge in [-0.2, -0.15) is 8.78 Å². The number of rotatable bonds is 4. The van der Waals surface area contributed by atoms with E-state index in [4.69, 9.17) is 14.2 Å². The molecule has 1 aromatic carbocycles. The van der Waals surface area contributed by atoms with Crippen molar-refractivity contribution >= 4 is 37.6 Å². The lowest BCUT2D eigenvalue weighted by Gasteiger charge is -2.16. The maximum Gasteiger partial charge on any atom is 0.388 e. The minimum Gasteiger partial charge on any atom is -0.494 e. The standard InChI is InChI=1S/C21H16BrF2N3O7S/c1-31-18-14(22)3-10-5-16(18)35(29,30)27-15-4-11(7-26-19(15)32-2)13-8-25-17(34-21(23)24)6-12(13)9-33-20(10)28/h3-8,21,27H,9H2,1-2H3. The van der Waals surface area contributed by atoms with Gasteiger partial charge in [0.1, 0.15) is 17.2 Å². The van der Waals surface area contributed by atoms with Crippen molar-refractivity contribution < 1.29 is 40.9 Å². The number of ether oxygens (including phenoxy) is 4. The quantitative estimate of drug-likeness (QED) is 0.462. The Morgan fingerprint density at radius 1 is 1.09 bits per heavy atom. The molecule has 0 unspecified atom stereocenters. The zero-order valence-corrected chi connectivity index (χ0v) is 20.4. The molecule has 0 saturated carbocycles. The van der Waals surface area contributed by atoms with Crippen LogP contribution in [-0.4, -0.2) is 45.2 Å². The van der Waals surface area contributed by atoms with E-state index in [0.29, 0.717) is 11.1 Å². The molecule has 0 aliphatic carbocycles. The first-order valence-electron chi connectivity index (χ1n) is 9.68. The van der Waals surface area contributed by atoms with Gasteiger partial charge in [0.25, 0.3) is 10.0 Å². The number of alkyl halides is 2. The van der Waals surface area contributed by atoms with E-state index in [9.17, 15) is 22.0 Å². The van der Waals surface area contributed by atoms with Gasteiger partial charge in [0.2, 0.25) is 11.8 Å². The second-order valence-electron chi connectivity index (χ2n) is 7.01. The second-order valence-corrected chi connectivity index (χ2v) is 9.52. The Hall–Kier alpha value is -3.52. The number of fused-ring (bicyclic) bond motifs is 6. The first-order chi connectivity index (χ1) is 16.6. The van der Waals surface area contributed by atoms with Crippen LogP contribution in [0.2, 0.25) is 0 Å². The number of cyclic esters (lactones) is 1. The number of halogens is 3. The van der Waals surface area contributed by atoms with E-state index >= 15 is 0 Å². The number of anilines is 1. The highest BCUT2D eigenvalue weighted by Gasteiger charge is 2.27. The number of esters is 1. The average molecular weight is 572 g/mol. The third kappa shape index (κ3) is 4.98. The molecule has 1 aliphatic rings. The topological polar surface area (TPSA) is 126 Å². The lowest BCUT2D eigenvalue weighted by atomic mass is 10.0. The fourth-order valence-corrected chi connectivity index (χ4v) is 5.37. The van der Waals surface area contributed by atoms with Crippen molar-refractivity contribution in [1.29, 1.82) is 0 Å². The van der Waals surface area contributed by atoms with Gasteiger partial charge in [0.05, 0.1) is 24.3 Å². The summed E-state index contributed by atoms with van der Waals surface area (Å²) in [5, 5.41) is 0. The molecule has 1 N–H and O–H groups in total. The molecule has 14 heteroatoms. The van der Waals surface area contributed by atoms with Gasteiger partial charge in [0.15, 0.2) is 5.75 Å². The molecular formula is C21H16BrF2N3O7S. The summed E-state index contributed by atoms with van der Waals surface area (Å²) in [6, 6.07) is 5.04. The van der Waals surface area contributed by atoms with Gasteiger partial charge in [-0.25, -0.2) is 23.2 Å². The predicted molar refractivity (Wildman–Crippen MR) is 121 cm³/mol. The van der Waals surface area contributed by atoms with Crippen molar-refractivity contribution in [3.05, 3.63) is 52.3 Å². The molecule has 0 spiro atoms. The summed E-state index contributed by atoms with van der Waals surface area (Å²) in [4.78, 5) is 20.4. The van der Waals surface area contributed by atoms with Crippen LogP contribution < -0.4 is 18.9 Å². The van der Waals surface area contributed by atoms with Gasteiger partial charge >= 0.3 is 12.6 Å². The highest BCUT2D eigenvalue weighted by Crippen LogP contribution is 2.38. The van der Waals surface area contributed by atoms with E-state index in [0.717, 1.165) is 6.07 Å². The number of carbonyl (C=O) groups is 1. The van der Waals surface area contributed by atoms with Gasteiger partial charge in [-0.1, -0.05) is 0 Å². The van der Waals surface area contributed by atoms with Crippen LogP contribution in [0.25, 0.3) is 11.1 Å². The predicted octanol–water partition coefficient (Wildman–Crippen LogP) is 4.00. The summed E-state index contributed by atoms with van der Waals surface area (Å²) in [6.07, 6.45) is 2.59. The molecule has 2 aromatic heterocycles. The molecule has 4 rings (SSSR count). The molecule has 10 nitrogen and oxygen atoms in total. The van der Waals surface area contributed by atoms with Crippen molar-refractivity contribution in [1.82, 2.24) is 9.97 Å². The Kier molecular flexibility index (Phi) is 6.76. The zero-order valence-electron chi connectivity index (χ0n) is 18.0. The number of benzene rings is 1. The van der Waals surface area contributed by atoms with Crippen LogP contribution in [-0.2, 0) is 21.4 Å². The maximum atomic E-state index is 13.3. The summed E-state index contributed by atoms with van der Waals surface area (Å²) in [5.41, 5.74) is 0.800. The minimum absolute atomic E-state index is 0.0288. The first kappa shape index (κ1) is 24.6. The molecule has 0 saturated heterocycles. The molecule has 4 bridgehead atoms. The fraction of sp³-hybridized carbons (Fsp3) is 0.190. The largest absolute Gasteiger partial charge is 0.494 e. The third-order valence-corrected chi connectivity index (χ3v) is 6.83. The molecule has 184 valence electrons. The van der Waals surface area contributed by atoms with Crippen LogP contribution in [0.5, 0.6) is 17.5 Å². The van der Waals surface area contributed by atoms with Crippen molar-refractivity contribution in [3.63, 3.8) is 0 Å². The number of nitrogens with one attached hydrogen (secondary N) is 1. The number of sulfonamides is 1. The van der Waals surface area contributed by atoms with Crippen LogP contribution in [0.3, 0.4) is 0 Å². The Balaban J connectivity index is 1.96. The molecule has 0 fully saturated rings. The van der Waals surface area contributed by atoms with Crippen LogP contribution in [0.4, 0.5) is 14.5 Å². The zero-order chi connectivity index (χ0) is 25.3. The summed E-state index contributed by atoms with van der Waals surface area (Å²) >= 11 is 3.21. The summed E-state index contributed by atoms with van der Waals surface area (Å²) in [5.74, 6) is -1.35. The Morgan fingerprint density at radius 2 is 1.86 bits per heavy atom. The Labute approximate surface area is 206 Å². The van der Waals surface area contributed by atoms with Crippen LogP contribution >= 0.6 is 15.9 Å². The lowest BCUT2D eigenvalue weighted by molar-refractivity contribution is -0.0529. The highest BCUT2D eigenvalue weighted by molar-refractivity contribution is 9.10. The summed E-state index contributed by atoms with van der Waals surface area (Å²) in [7, 11) is -1.75. The SMILES string of the molecule is COc1ncc2cc1NS(=O)(=O)c1cc(cc(Br)c1OC)C(=O)OCc1cc(OC(F)F)ncc1-2. The van der Waals surface area contributed by atoms with Crippen LogP contribution in [0.1, 0.15) is 15.9 Å². The maximum absolute atomic E-state index is 13.3. The highest BCUT2D eigenvalue weighted by atomic mass is 79.9. The number of pyridine rings is 2. The fourth-order valence-electron chi connectivity index (χ4n) is 3.36. The van der Waals surface area contributed by atoms with E-state index in [2.05, 4.69) is 35.4 Å². The van der Waals surface area contributed by atoms with E-state index in [-0.39, 0.29) is 44.4 Å². The summed E-state index contributed by atoms with van der Waals surface area (Å²) < 4.78 is 74.8. The molecule has 0 atom stereocenters. The summed E-state index contributed by atoms with van der Waals surface area (Å²) in [6.45, 7) is -3.48. The molecule has 1 aliphatic heterocycles. The second kappa shape index (κ2) is 9.62.